The molecule has 2 aromatic rings. The van der Waals surface area contributed by atoms with E-state index < -0.39 is 5.82 Å². The van der Waals surface area contributed by atoms with E-state index in [1.54, 1.807) is 12.1 Å². The lowest BCUT2D eigenvalue weighted by Crippen LogP contribution is -2.00. The van der Waals surface area contributed by atoms with Gasteiger partial charge in [-0.2, -0.15) is 5.26 Å². The number of anilines is 1. The highest BCUT2D eigenvalue weighted by Gasteiger charge is 2.03. The first-order valence-electron chi connectivity index (χ1n) is 5.22. The van der Waals surface area contributed by atoms with Crippen molar-refractivity contribution in [1.82, 2.24) is 4.98 Å². The summed E-state index contributed by atoms with van der Waals surface area (Å²) in [6.45, 7) is 0.199. The fourth-order valence-corrected chi connectivity index (χ4v) is 1.42. The molecule has 0 radical (unpaired) electrons. The molecule has 1 aromatic heterocycles. The second-order valence-electron chi connectivity index (χ2n) is 3.63. The number of nitrogens with zero attached hydrogens (tertiary/aromatic N) is 2. The van der Waals surface area contributed by atoms with Gasteiger partial charge in [0.05, 0.1) is 5.69 Å². The van der Waals surface area contributed by atoms with Crippen molar-refractivity contribution in [1.29, 1.82) is 5.26 Å². The van der Waals surface area contributed by atoms with E-state index in [0.29, 0.717) is 11.4 Å². The Kier molecular flexibility index (Phi) is 3.39. The van der Waals surface area contributed by atoms with Crippen molar-refractivity contribution in [3.8, 4) is 11.8 Å². The largest absolute Gasteiger partial charge is 0.487 e. The van der Waals surface area contributed by atoms with Crippen molar-refractivity contribution < 1.29 is 9.13 Å². The summed E-state index contributed by atoms with van der Waals surface area (Å²) in [6, 6.07) is 9.19. The van der Waals surface area contributed by atoms with Gasteiger partial charge in [0.2, 0.25) is 0 Å². The van der Waals surface area contributed by atoms with Crippen molar-refractivity contribution in [2.24, 2.45) is 0 Å². The Hall–Kier alpha value is -2.61. The van der Waals surface area contributed by atoms with Crippen LogP contribution < -0.4 is 10.5 Å². The number of nitrogen functional groups attached to an aromatic ring is 1. The predicted octanol–water partition coefficient (Wildman–Crippen LogP) is 2.25. The van der Waals surface area contributed by atoms with Gasteiger partial charge in [-0.1, -0.05) is 0 Å². The number of halogens is 1. The molecule has 2 N–H and O–H groups in total. The average Bonchev–Trinajstić information content (AvgIpc) is 2.40. The lowest BCUT2D eigenvalue weighted by atomic mass is 10.2. The second-order valence-corrected chi connectivity index (χ2v) is 3.63. The Labute approximate surface area is 103 Å². The van der Waals surface area contributed by atoms with E-state index in [-0.39, 0.29) is 12.4 Å². The highest BCUT2D eigenvalue weighted by Crippen LogP contribution is 2.23. The first-order chi connectivity index (χ1) is 8.69. The van der Waals surface area contributed by atoms with Crippen LogP contribution in [0.3, 0.4) is 0 Å². The second kappa shape index (κ2) is 5.15. The van der Waals surface area contributed by atoms with Gasteiger partial charge in [0.25, 0.3) is 0 Å². The molecule has 0 aliphatic carbocycles. The summed E-state index contributed by atoms with van der Waals surface area (Å²) in [5.74, 6) is -0.128. The number of ether oxygens (including phenoxy) is 1. The third-order valence-electron chi connectivity index (χ3n) is 2.31. The lowest BCUT2D eigenvalue weighted by molar-refractivity contribution is 0.306. The lowest BCUT2D eigenvalue weighted by Gasteiger charge is -2.08. The normalized spacial score (nSPS) is 9.78. The van der Waals surface area contributed by atoms with E-state index in [2.05, 4.69) is 4.98 Å². The van der Waals surface area contributed by atoms with Gasteiger partial charge in [-0.15, -0.1) is 0 Å². The number of benzene rings is 1. The zero-order chi connectivity index (χ0) is 13.0. The maximum atomic E-state index is 13.0. The molecule has 1 aromatic carbocycles. The maximum absolute atomic E-state index is 13.0. The minimum absolute atomic E-state index is 0.199. The van der Waals surface area contributed by atoms with Gasteiger partial charge in [-0.05, 0) is 29.8 Å². The van der Waals surface area contributed by atoms with Crippen LogP contribution in [0.2, 0.25) is 0 Å². The number of nitriles is 1. The van der Waals surface area contributed by atoms with Gasteiger partial charge in [-0.3, -0.25) is 0 Å². The zero-order valence-corrected chi connectivity index (χ0v) is 9.43. The average molecular weight is 243 g/mol. The van der Waals surface area contributed by atoms with Crippen LogP contribution in [-0.2, 0) is 6.61 Å². The van der Waals surface area contributed by atoms with E-state index >= 15 is 0 Å². The Bertz CT molecular complexity index is 607. The van der Waals surface area contributed by atoms with Crippen LogP contribution in [0, 0.1) is 17.1 Å². The molecule has 18 heavy (non-hydrogen) atoms. The van der Waals surface area contributed by atoms with Crippen LogP contribution in [0.25, 0.3) is 0 Å². The molecule has 0 aliphatic rings. The molecule has 0 saturated heterocycles. The SMILES string of the molecule is N#Cc1cc(COc2cc(F)ccc2N)ccn1. The van der Waals surface area contributed by atoms with Crippen LogP contribution in [0.5, 0.6) is 5.75 Å². The van der Waals surface area contributed by atoms with Crippen molar-refractivity contribution in [3.63, 3.8) is 0 Å². The summed E-state index contributed by atoms with van der Waals surface area (Å²) in [5, 5.41) is 8.70. The molecule has 1 heterocycles. The Morgan fingerprint density at radius 2 is 2.17 bits per heavy atom. The van der Waals surface area contributed by atoms with Crippen LogP contribution in [0.15, 0.2) is 36.5 Å². The molecule has 0 atom stereocenters. The van der Waals surface area contributed by atoms with Crippen molar-refractivity contribution >= 4 is 5.69 Å². The number of nitrogens with two attached hydrogens (primary N) is 1. The van der Waals surface area contributed by atoms with Gasteiger partial charge < -0.3 is 10.5 Å². The number of pyridine rings is 1. The number of rotatable bonds is 3. The van der Waals surface area contributed by atoms with Crippen LogP contribution >= 0.6 is 0 Å². The smallest absolute Gasteiger partial charge is 0.145 e. The summed E-state index contributed by atoms with van der Waals surface area (Å²) in [6.07, 6.45) is 1.52. The first kappa shape index (κ1) is 11.9. The van der Waals surface area contributed by atoms with Crippen molar-refractivity contribution in [2.75, 3.05) is 5.73 Å². The topological polar surface area (TPSA) is 71.9 Å². The maximum Gasteiger partial charge on any atom is 0.145 e. The predicted molar refractivity (Wildman–Crippen MR) is 64.1 cm³/mol. The van der Waals surface area contributed by atoms with E-state index in [9.17, 15) is 4.39 Å². The molecule has 0 aliphatic heterocycles. The summed E-state index contributed by atoms with van der Waals surface area (Å²) in [5.41, 5.74) is 7.10. The van der Waals surface area contributed by atoms with E-state index in [1.807, 2.05) is 6.07 Å². The summed E-state index contributed by atoms with van der Waals surface area (Å²) < 4.78 is 18.4. The van der Waals surface area contributed by atoms with Gasteiger partial charge in [0.15, 0.2) is 0 Å². The molecule has 0 bridgehead atoms. The molecule has 0 unspecified atom stereocenters. The Balaban J connectivity index is 2.11. The number of hydrogen-bond acceptors (Lipinski definition) is 4. The third-order valence-corrected chi connectivity index (χ3v) is 2.31. The standard InChI is InChI=1S/C13H10FN3O/c14-10-1-2-12(16)13(6-10)18-8-9-3-4-17-11(5-9)7-15/h1-6H,8,16H2. The van der Waals surface area contributed by atoms with Crippen LogP contribution in [-0.4, -0.2) is 4.98 Å². The molecule has 0 saturated carbocycles. The molecule has 90 valence electrons. The minimum Gasteiger partial charge on any atom is -0.487 e. The molecule has 0 spiro atoms. The van der Waals surface area contributed by atoms with E-state index in [0.717, 1.165) is 5.56 Å². The van der Waals surface area contributed by atoms with E-state index in [1.165, 1.54) is 24.4 Å². The number of aromatic nitrogens is 1. The zero-order valence-electron chi connectivity index (χ0n) is 9.43. The fourth-order valence-electron chi connectivity index (χ4n) is 1.42. The Morgan fingerprint density at radius 1 is 1.33 bits per heavy atom. The fraction of sp³-hybridized carbons (Fsp3) is 0.0769. The summed E-state index contributed by atoms with van der Waals surface area (Å²) in [7, 11) is 0. The van der Waals surface area contributed by atoms with Crippen LogP contribution in [0.1, 0.15) is 11.3 Å². The van der Waals surface area contributed by atoms with Crippen molar-refractivity contribution in [3.05, 3.63) is 53.6 Å². The minimum atomic E-state index is -0.411. The highest BCUT2D eigenvalue weighted by atomic mass is 19.1. The summed E-state index contributed by atoms with van der Waals surface area (Å²) >= 11 is 0. The van der Waals surface area contributed by atoms with E-state index in [4.69, 9.17) is 15.7 Å². The van der Waals surface area contributed by atoms with Gasteiger partial charge in [0.1, 0.15) is 29.9 Å². The molecule has 2 rings (SSSR count). The number of hydrogen-bond donors (Lipinski definition) is 1. The molecule has 0 amide bonds. The molecular weight excluding hydrogens is 233 g/mol. The third kappa shape index (κ3) is 2.74. The summed E-state index contributed by atoms with van der Waals surface area (Å²) in [4.78, 5) is 3.84. The molecule has 4 nitrogen and oxygen atoms in total. The highest BCUT2D eigenvalue weighted by molar-refractivity contribution is 5.52. The molecule has 0 fully saturated rings. The van der Waals surface area contributed by atoms with Gasteiger partial charge >= 0.3 is 0 Å². The Morgan fingerprint density at radius 3 is 2.94 bits per heavy atom. The van der Waals surface area contributed by atoms with Gasteiger partial charge in [0, 0.05) is 12.3 Å². The van der Waals surface area contributed by atoms with Crippen molar-refractivity contribution in [2.45, 2.75) is 6.61 Å². The van der Waals surface area contributed by atoms with Gasteiger partial charge in [-0.25, -0.2) is 9.37 Å². The first-order valence-corrected chi connectivity index (χ1v) is 5.22. The quantitative estimate of drug-likeness (QED) is 0.839. The molecule has 5 heteroatoms. The molecular formula is C13H10FN3O. The monoisotopic (exact) mass is 243 g/mol. The van der Waals surface area contributed by atoms with Crippen LogP contribution in [0.4, 0.5) is 10.1 Å².